The van der Waals surface area contributed by atoms with Crippen LogP contribution in [0.1, 0.15) is 16.7 Å². The van der Waals surface area contributed by atoms with Crippen molar-refractivity contribution in [1.29, 1.82) is 0 Å². The van der Waals surface area contributed by atoms with Crippen LogP contribution in [0.25, 0.3) is 6.08 Å². The molecule has 0 saturated heterocycles. The summed E-state index contributed by atoms with van der Waals surface area (Å²) >= 11 is 0. The first-order valence-corrected chi connectivity index (χ1v) is 6.83. The lowest BCUT2D eigenvalue weighted by Gasteiger charge is -2.08. The molecule has 2 rings (SSSR count). The van der Waals surface area contributed by atoms with Gasteiger partial charge in [0.25, 0.3) is 0 Å². The van der Waals surface area contributed by atoms with Crippen LogP contribution in [-0.2, 0) is 4.79 Å². The number of ether oxygens (including phenoxy) is 2. The van der Waals surface area contributed by atoms with E-state index in [2.05, 4.69) is 0 Å². The predicted molar refractivity (Wildman–Crippen MR) is 85.2 cm³/mol. The van der Waals surface area contributed by atoms with E-state index in [1.54, 1.807) is 43.5 Å². The number of benzene rings is 2. The average molecular weight is 298 g/mol. The Hall–Kier alpha value is -2.75. The fraction of sp³-hybridized carbons (Fsp3) is 0.167. The van der Waals surface area contributed by atoms with Crippen molar-refractivity contribution >= 4 is 12.0 Å². The van der Waals surface area contributed by atoms with Crippen molar-refractivity contribution in [3.63, 3.8) is 0 Å². The lowest BCUT2D eigenvalue weighted by atomic mass is 10.1. The molecule has 0 bridgehead atoms. The van der Waals surface area contributed by atoms with Crippen molar-refractivity contribution in [1.82, 2.24) is 0 Å². The molecule has 1 N–H and O–H groups in total. The molecule has 0 atom stereocenters. The van der Waals surface area contributed by atoms with Crippen molar-refractivity contribution in [2.45, 2.75) is 13.8 Å². The summed E-state index contributed by atoms with van der Waals surface area (Å²) < 4.78 is 10.6. The summed E-state index contributed by atoms with van der Waals surface area (Å²) in [5, 5.41) is 9.32. The fourth-order valence-corrected chi connectivity index (χ4v) is 2.11. The maximum absolute atomic E-state index is 11.4. The molecule has 4 nitrogen and oxygen atoms in total. The second-order valence-electron chi connectivity index (χ2n) is 5.01. The molecule has 0 fully saturated rings. The number of carboxylic acids is 1. The molecule has 0 aliphatic carbocycles. The van der Waals surface area contributed by atoms with Gasteiger partial charge < -0.3 is 14.6 Å². The number of rotatable bonds is 5. The van der Waals surface area contributed by atoms with E-state index in [9.17, 15) is 9.90 Å². The molecule has 2 aromatic carbocycles. The van der Waals surface area contributed by atoms with Crippen molar-refractivity contribution in [3.8, 4) is 11.5 Å². The van der Waals surface area contributed by atoms with Gasteiger partial charge in [0.1, 0.15) is 11.5 Å². The number of aryl methyl sites for hydroxylation is 2. The van der Waals surface area contributed by atoms with E-state index in [4.69, 9.17) is 9.47 Å². The molecule has 4 heteroatoms. The van der Waals surface area contributed by atoms with Crippen LogP contribution in [0.2, 0.25) is 0 Å². The van der Waals surface area contributed by atoms with Gasteiger partial charge in [-0.25, -0.2) is 4.79 Å². The first-order chi connectivity index (χ1) is 10.5. The summed E-state index contributed by atoms with van der Waals surface area (Å²) in [5.74, 6) is -0.0194. The van der Waals surface area contributed by atoms with Crippen molar-refractivity contribution in [2.75, 3.05) is 7.11 Å². The molecular formula is C18H18O4. The van der Waals surface area contributed by atoms with Gasteiger partial charge in [-0.2, -0.15) is 0 Å². The van der Waals surface area contributed by atoms with E-state index in [0.29, 0.717) is 11.5 Å². The Morgan fingerprint density at radius 2 is 1.59 bits per heavy atom. The normalized spacial score (nSPS) is 11.1. The molecule has 0 amide bonds. The Bertz CT molecular complexity index is 679. The molecule has 0 radical (unpaired) electrons. The van der Waals surface area contributed by atoms with Crippen LogP contribution in [0.5, 0.6) is 11.5 Å². The summed E-state index contributed by atoms with van der Waals surface area (Å²) in [6.45, 7) is 3.88. The van der Waals surface area contributed by atoms with Gasteiger partial charge >= 0.3 is 5.97 Å². The highest BCUT2D eigenvalue weighted by Crippen LogP contribution is 2.21. The van der Waals surface area contributed by atoms with Gasteiger partial charge in [-0.05, 0) is 60.9 Å². The van der Waals surface area contributed by atoms with E-state index >= 15 is 0 Å². The van der Waals surface area contributed by atoms with E-state index in [-0.39, 0.29) is 5.76 Å². The Balaban J connectivity index is 2.28. The highest BCUT2D eigenvalue weighted by Gasteiger charge is 2.11. The topological polar surface area (TPSA) is 55.8 Å². The smallest absolute Gasteiger partial charge is 0.371 e. The summed E-state index contributed by atoms with van der Waals surface area (Å²) in [6.07, 6.45) is 1.49. The highest BCUT2D eigenvalue weighted by molar-refractivity contribution is 5.90. The zero-order chi connectivity index (χ0) is 16.1. The summed E-state index contributed by atoms with van der Waals surface area (Å²) in [5.41, 5.74) is 2.76. The Morgan fingerprint density at radius 3 is 2.09 bits per heavy atom. The first kappa shape index (κ1) is 15.6. The van der Waals surface area contributed by atoms with E-state index < -0.39 is 5.97 Å². The van der Waals surface area contributed by atoms with Crippen LogP contribution >= 0.6 is 0 Å². The third kappa shape index (κ3) is 4.12. The number of methoxy groups -OCH3 is 1. The van der Waals surface area contributed by atoms with Crippen LogP contribution in [0.4, 0.5) is 0 Å². The molecule has 114 valence electrons. The van der Waals surface area contributed by atoms with Crippen LogP contribution in [0.15, 0.2) is 48.2 Å². The monoisotopic (exact) mass is 298 g/mol. The van der Waals surface area contributed by atoms with Gasteiger partial charge in [0.2, 0.25) is 5.76 Å². The molecular weight excluding hydrogens is 280 g/mol. The molecule has 0 spiro atoms. The first-order valence-electron chi connectivity index (χ1n) is 6.83. The van der Waals surface area contributed by atoms with Crippen LogP contribution in [0, 0.1) is 13.8 Å². The third-order valence-corrected chi connectivity index (χ3v) is 3.05. The number of carbonyl (C=O) groups is 1. The summed E-state index contributed by atoms with van der Waals surface area (Å²) in [6, 6.07) is 12.7. The van der Waals surface area contributed by atoms with Gasteiger partial charge in [0.15, 0.2) is 0 Å². The Morgan fingerprint density at radius 1 is 1.00 bits per heavy atom. The molecule has 0 aromatic heterocycles. The minimum absolute atomic E-state index is 0.129. The van der Waals surface area contributed by atoms with Crippen molar-refractivity contribution in [2.24, 2.45) is 0 Å². The van der Waals surface area contributed by atoms with Crippen LogP contribution in [0.3, 0.4) is 0 Å². The quantitative estimate of drug-likeness (QED) is 0.673. The molecule has 0 aliphatic rings. The van der Waals surface area contributed by atoms with Gasteiger partial charge in [-0.1, -0.05) is 18.2 Å². The largest absolute Gasteiger partial charge is 0.497 e. The van der Waals surface area contributed by atoms with Crippen LogP contribution < -0.4 is 9.47 Å². The number of hydrogen-bond donors (Lipinski definition) is 1. The number of hydrogen-bond acceptors (Lipinski definition) is 3. The molecule has 0 unspecified atom stereocenters. The minimum Gasteiger partial charge on any atom is -0.497 e. The molecule has 0 aliphatic heterocycles. The van der Waals surface area contributed by atoms with Gasteiger partial charge in [0, 0.05) is 0 Å². The molecule has 2 aromatic rings. The molecule has 0 saturated carbocycles. The van der Waals surface area contributed by atoms with E-state index in [1.807, 2.05) is 19.9 Å². The molecule has 22 heavy (non-hydrogen) atoms. The average Bonchev–Trinajstić information content (AvgIpc) is 2.46. The van der Waals surface area contributed by atoms with Gasteiger partial charge in [-0.3, -0.25) is 0 Å². The highest BCUT2D eigenvalue weighted by atomic mass is 16.5. The fourth-order valence-electron chi connectivity index (χ4n) is 2.11. The summed E-state index contributed by atoms with van der Waals surface area (Å²) in [7, 11) is 1.58. The Labute approximate surface area is 129 Å². The lowest BCUT2D eigenvalue weighted by Crippen LogP contribution is -2.07. The van der Waals surface area contributed by atoms with E-state index in [0.717, 1.165) is 16.7 Å². The maximum Gasteiger partial charge on any atom is 0.371 e. The molecule has 0 heterocycles. The maximum atomic E-state index is 11.4. The second-order valence-corrected chi connectivity index (χ2v) is 5.01. The summed E-state index contributed by atoms with van der Waals surface area (Å²) in [4.78, 5) is 11.4. The van der Waals surface area contributed by atoms with Crippen LogP contribution in [-0.4, -0.2) is 18.2 Å². The minimum atomic E-state index is -1.12. The number of carboxylic acid groups (broad SMARTS) is 1. The second kappa shape index (κ2) is 6.80. The van der Waals surface area contributed by atoms with Crippen molar-refractivity contribution in [3.05, 3.63) is 64.9 Å². The zero-order valence-corrected chi connectivity index (χ0v) is 12.8. The number of aliphatic carboxylic acids is 1. The third-order valence-electron chi connectivity index (χ3n) is 3.05. The predicted octanol–water partition coefficient (Wildman–Crippen LogP) is 3.82. The lowest BCUT2D eigenvalue weighted by molar-refractivity contribution is -0.134. The van der Waals surface area contributed by atoms with Crippen molar-refractivity contribution < 1.29 is 19.4 Å². The Kier molecular flexibility index (Phi) is 4.84. The zero-order valence-electron chi connectivity index (χ0n) is 12.8. The van der Waals surface area contributed by atoms with Gasteiger partial charge in [-0.15, -0.1) is 0 Å². The standard InChI is InChI=1S/C18H18O4/c1-12-8-13(2)10-16(9-12)22-17(18(19)20)11-14-4-6-15(21-3)7-5-14/h4-11H,1-3H3,(H,19,20). The SMILES string of the molecule is COc1ccc(C=C(Oc2cc(C)cc(C)c2)C(=O)O)cc1. The van der Waals surface area contributed by atoms with E-state index in [1.165, 1.54) is 6.08 Å². The van der Waals surface area contributed by atoms with Gasteiger partial charge in [0.05, 0.1) is 7.11 Å².